The molecule has 0 heterocycles. The van der Waals surface area contributed by atoms with Crippen LogP contribution < -0.4 is 0 Å². The van der Waals surface area contributed by atoms with Gasteiger partial charge in [0.15, 0.2) is 0 Å². The second-order valence-electron chi connectivity index (χ2n) is 4.28. The lowest BCUT2D eigenvalue weighted by Crippen LogP contribution is -2.25. The van der Waals surface area contributed by atoms with E-state index >= 15 is 0 Å². The Bertz CT molecular complexity index is 401. The van der Waals surface area contributed by atoms with E-state index in [1.54, 1.807) is 11.9 Å². The highest BCUT2D eigenvalue weighted by Gasteiger charge is 2.13. The SMILES string of the molecule is COC(=O)N(C)Cc1ccc2c(c1)CCC2. The number of methoxy groups -OCH3 is 1. The number of ether oxygens (including phenoxy) is 1. The number of benzene rings is 1. The zero-order chi connectivity index (χ0) is 11.5. The van der Waals surface area contributed by atoms with Crippen molar-refractivity contribution in [3.8, 4) is 0 Å². The van der Waals surface area contributed by atoms with E-state index in [2.05, 4.69) is 22.9 Å². The van der Waals surface area contributed by atoms with Crippen molar-refractivity contribution in [3.63, 3.8) is 0 Å². The van der Waals surface area contributed by atoms with Crippen LogP contribution >= 0.6 is 0 Å². The van der Waals surface area contributed by atoms with Gasteiger partial charge in [-0.15, -0.1) is 0 Å². The molecule has 1 aromatic carbocycles. The lowest BCUT2D eigenvalue weighted by atomic mass is 10.1. The molecular weight excluding hydrogens is 202 g/mol. The lowest BCUT2D eigenvalue weighted by Gasteiger charge is -2.16. The molecule has 0 bridgehead atoms. The molecule has 0 aromatic heterocycles. The minimum absolute atomic E-state index is 0.291. The van der Waals surface area contributed by atoms with Gasteiger partial charge in [0.1, 0.15) is 0 Å². The van der Waals surface area contributed by atoms with Gasteiger partial charge >= 0.3 is 6.09 Å². The molecule has 0 aliphatic heterocycles. The number of fused-ring (bicyclic) bond motifs is 1. The zero-order valence-electron chi connectivity index (χ0n) is 9.82. The van der Waals surface area contributed by atoms with Crippen molar-refractivity contribution >= 4 is 6.09 Å². The molecule has 16 heavy (non-hydrogen) atoms. The Morgan fingerprint density at radius 3 is 2.88 bits per heavy atom. The van der Waals surface area contributed by atoms with Crippen molar-refractivity contribution in [1.29, 1.82) is 0 Å². The fourth-order valence-electron chi connectivity index (χ4n) is 2.22. The van der Waals surface area contributed by atoms with E-state index < -0.39 is 0 Å². The van der Waals surface area contributed by atoms with Crippen LogP contribution in [0.2, 0.25) is 0 Å². The average Bonchev–Trinajstić information content (AvgIpc) is 2.75. The first kappa shape index (κ1) is 11.0. The minimum atomic E-state index is -0.291. The first-order chi connectivity index (χ1) is 7.70. The van der Waals surface area contributed by atoms with Crippen molar-refractivity contribution in [2.24, 2.45) is 0 Å². The van der Waals surface area contributed by atoms with Crippen molar-refractivity contribution < 1.29 is 9.53 Å². The summed E-state index contributed by atoms with van der Waals surface area (Å²) in [7, 11) is 3.15. The predicted molar refractivity (Wildman–Crippen MR) is 62.3 cm³/mol. The van der Waals surface area contributed by atoms with Gasteiger partial charge < -0.3 is 9.64 Å². The second-order valence-corrected chi connectivity index (χ2v) is 4.28. The molecule has 1 amide bonds. The molecular formula is C13H17NO2. The normalized spacial score (nSPS) is 13.4. The van der Waals surface area contributed by atoms with Crippen LogP contribution in [0.3, 0.4) is 0 Å². The molecule has 0 radical (unpaired) electrons. The van der Waals surface area contributed by atoms with Crippen LogP contribution in [0.25, 0.3) is 0 Å². The summed E-state index contributed by atoms with van der Waals surface area (Å²) in [6, 6.07) is 6.49. The third-order valence-corrected chi connectivity index (χ3v) is 3.07. The van der Waals surface area contributed by atoms with Crippen LogP contribution in [0.1, 0.15) is 23.1 Å². The van der Waals surface area contributed by atoms with Crippen LogP contribution in [0.15, 0.2) is 18.2 Å². The number of aryl methyl sites for hydroxylation is 2. The predicted octanol–water partition coefficient (Wildman–Crippen LogP) is 2.37. The van der Waals surface area contributed by atoms with Crippen LogP contribution in [0.5, 0.6) is 0 Å². The first-order valence-electron chi connectivity index (χ1n) is 5.60. The Morgan fingerprint density at radius 1 is 1.38 bits per heavy atom. The van der Waals surface area contributed by atoms with E-state index in [9.17, 15) is 4.79 Å². The third kappa shape index (κ3) is 2.18. The highest BCUT2D eigenvalue weighted by atomic mass is 16.5. The first-order valence-corrected chi connectivity index (χ1v) is 5.60. The highest BCUT2D eigenvalue weighted by molar-refractivity contribution is 5.67. The Labute approximate surface area is 96.0 Å². The Balaban J connectivity index is 2.08. The van der Waals surface area contributed by atoms with Crippen LogP contribution in [-0.4, -0.2) is 25.2 Å². The molecule has 0 saturated carbocycles. The molecule has 86 valence electrons. The highest BCUT2D eigenvalue weighted by Crippen LogP contribution is 2.23. The topological polar surface area (TPSA) is 29.5 Å². The van der Waals surface area contributed by atoms with E-state index in [0.29, 0.717) is 6.54 Å². The summed E-state index contributed by atoms with van der Waals surface area (Å²) in [4.78, 5) is 12.8. The van der Waals surface area contributed by atoms with Gasteiger partial charge in [0.25, 0.3) is 0 Å². The number of nitrogens with zero attached hydrogens (tertiary/aromatic N) is 1. The summed E-state index contributed by atoms with van der Waals surface area (Å²) in [5.41, 5.74) is 4.08. The summed E-state index contributed by atoms with van der Waals surface area (Å²) in [6.07, 6.45) is 3.33. The summed E-state index contributed by atoms with van der Waals surface area (Å²) in [6.45, 7) is 0.611. The smallest absolute Gasteiger partial charge is 0.409 e. The van der Waals surface area contributed by atoms with Gasteiger partial charge in [-0.3, -0.25) is 0 Å². The van der Waals surface area contributed by atoms with E-state index in [-0.39, 0.29) is 6.09 Å². The van der Waals surface area contributed by atoms with Gasteiger partial charge in [-0.25, -0.2) is 4.79 Å². The van der Waals surface area contributed by atoms with Crippen LogP contribution in [0.4, 0.5) is 4.79 Å². The molecule has 3 heteroatoms. The monoisotopic (exact) mass is 219 g/mol. The van der Waals surface area contributed by atoms with Crippen molar-refractivity contribution in [2.75, 3.05) is 14.2 Å². The van der Waals surface area contributed by atoms with Crippen LogP contribution in [-0.2, 0) is 24.1 Å². The average molecular weight is 219 g/mol. The Morgan fingerprint density at radius 2 is 2.12 bits per heavy atom. The van der Waals surface area contributed by atoms with E-state index in [0.717, 1.165) is 0 Å². The van der Waals surface area contributed by atoms with E-state index in [4.69, 9.17) is 0 Å². The van der Waals surface area contributed by atoms with Gasteiger partial charge in [-0.2, -0.15) is 0 Å². The molecule has 2 rings (SSSR count). The Kier molecular flexibility index (Phi) is 3.13. The number of hydrogen-bond acceptors (Lipinski definition) is 2. The largest absolute Gasteiger partial charge is 0.453 e. The number of hydrogen-bond donors (Lipinski definition) is 0. The molecule has 1 aliphatic carbocycles. The molecule has 1 aromatic rings. The van der Waals surface area contributed by atoms with Gasteiger partial charge in [-0.1, -0.05) is 18.2 Å². The van der Waals surface area contributed by atoms with Gasteiger partial charge in [0.2, 0.25) is 0 Å². The molecule has 0 saturated heterocycles. The van der Waals surface area contributed by atoms with Crippen molar-refractivity contribution in [2.45, 2.75) is 25.8 Å². The maximum Gasteiger partial charge on any atom is 0.409 e. The maximum absolute atomic E-state index is 11.3. The number of carbonyl (C=O) groups is 1. The van der Waals surface area contributed by atoms with Gasteiger partial charge in [0.05, 0.1) is 7.11 Å². The lowest BCUT2D eigenvalue weighted by molar-refractivity contribution is 0.131. The van der Waals surface area contributed by atoms with Gasteiger partial charge in [0, 0.05) is 13.6 Å². The summed E-state index contributed by atoms with van der Waals surface area (Å²) < 4.78 is 4.66. The van der Waals surface area contributed by atoms with E-state index in [1.807, 2.05) is 0 Å². The molecule has 0 N–H and O–H groups in total. The second kappa shape index (κ2) is 4.56. The fraction of sp³-hybridized carbons (Fsp3) is 0.462. The quantitative estimate of drug-likeness (QED) is 0.764. The standard InChI is InChI=1S/C13H17NO2/c1-14(13(15)16-2)9-10-6-7-11-4-3-5-12(11)8-10/h6-8H,3-5,9H2,1-2H3. The zero-order valence-corrected chi connectivity index (χ0v) is 9.82. The van der Waals surface area contributed by atoms with E-state index in [1.165, 1.54) is 43.1 Å². The number of carbonyl (C=O) groups excluding carboxylic acids is 1. The molecule has 1 aliphatic rings. The number of rotatable bonds is 2. The molecule has 0 unspecified atom stereocenters. The van der Waals surface area contributed by atoms with Crippen molar-refractivity contribution in [1.82, 2.24) is 4.90 Å². The maximum atomic E-state index is 11.3. The molecule has 0 atom stereocenters. The number of amides is 1. The summed E-state index contributed by atoms with van der Waals surface area (Å²) in [5.74, 6) is 0. The molecule has 0 fully saturated rings. The van der Waals surface area contributed by atoms with Crippen LogP contribution in [0, 0.1) is 0 Å². The summed E-state index contributed by atoms with van der Waals surface area (Å²) >= 11 is 0. The van der Waals surface area contributed by atoms with Gasteiger partial charge in [-0.05, 0) is 36.0 Å². The third-order valence-electron chi connectivity index (χ3n) is 3.07. The summed E-state index contributed by atoms with van der Waals surface area (Å²) in [5, 5.41) is 0. The molecule has 3 nitrogen and oxygen atoms in total. The fourth-order valence-corrected chi connectivity index (χ4v) is 2.22. The minimum Gasteiger partial charge on any atom is -0.453 e. The Hall–Kier alpha value is -1.51. The molecule has 0 spiro atoms. The van der Waals surface area contributed by atoms with Crippen molar-refractivity contribution in [3.05, 3.63) is 34.9 Å².